The van der Waals surface area contributed by atoms with Crippen LogP contribution in [0.3, 0.4) is 0 Å². The Morgan fingerprint density at radius 2 is 1.70 bits per heavy atom. The van der Waals surface area contributed by atoms with Gasteiger partial charge in [-0.1, -0.05) is 55.2 Å². The maximum atomic E-state index is 13.2. The zero-order chi connectivity index (χ0) is 23.2. The average Bonchev–Trinajstić information content (AvgIpc) is 2.86. The van der Waals surface area contributed by atoms with Crippen LogP contribution in [0.2, 0.25) is 0 Å². The first-order valence-corrected chi connectivity index (χ1v) is 12.5. The molecule has 2 fully saturated rings. The smallest absolute Gasteiger partial charge is 0.253 e. The van der Waals surface area contributed by atoms with Gasteiger partial charge < -0.3 is 10.2 Å². The maximum absolute atomic E-state index is 13.2. The number of likely N-dealkylation sites (tertiary alicyclic amines) is 1. The lowest BCUT2D eigenvalue weighted by Gasteiger charge is -2.33. The Kier molecular flexibility index (Phi) is 7.81. The molecule has 1 atom stereocenters. The van der Waals surface area contributed by atoms with E-state index in [9.17, 15) is 9.59 Å². The van der Waals surface area contributed by atoms with Crippen LogP contribution >= 0.6 is 0 Å². The summed E-state index contributed by atoms with van der Waals surface area (Å²) in [5.41, 5.74) is 3.88. The van der Waals surface area contributed by atoms with Crippen molar-refractivity contribution in [2.24, 2.45) is 5.92 Å². The van der Waals surface area contributed by atoms with Crippen LogP contribution < -0.4 is 5.32 Å². The van der Waals surface area contributed by atoms with Crippen molar-refractivity contribution in [3.8, 4) is 0 Å². The molecule has 1 heterocycles. The van der Waals surface area contributed by atoms with Crippen molar-refractivity contribution in [2.75, 3.05) is 25.5 Å². The van der Waals surface area contributed by atoms with Crippen molar-refractivity contribution in [2.45, 2.75) is 64.5 Å². The number of aryl methyl sites for hydroxylation is 1. The van der Waals surface area contributed by atoms with Crippen LogP contribution in [-0.4, -0.2) is 47.8 Å². The van der Waals surface area contributed by atoms with E-state index < -0.39 is 0 Å². The molecule has 0 radical (unpaired) electrons. The van der Waals surface area contributed by atoms with Crippen molar-refractivity contribution >= 4 is 17.5 Å². The number of carbonyl (C=O) groups excluding carboxylic acids is 2. The van der Waals surface area contributed by atoms with E-state index in [1.54, 1.807) is 0 Å². The summed E-state index contributed by atoms with van der Waals surface area (Å²) >= 11 is 0. The number of amides is 2. The van der Waals surface area contributed by atoms with Gasteiger partial charge in [0.1, 0.15) is 0 Å². The van der Waals surface area contributed by atoms with Gasteiger partial charge >= 0.3 is 0 Å². The van der Waals surface area contributed by atoms with Crippen molar-refractivity contribution in [3.63, 3.8) is 0 Å². The van der Waals surface area contributed by atoms with Gasteiger partial charge in [0.2, 0.25) is 5.91 Å². The first-order chi connectivity index (χ1) is 16.0. The van der Waals surface area contributed by atoms with Gasteiger partial charge in [-0.05, 0) is 63.4 Å². The highest BCUT2D eigenvalue weighted by Crippen LogP contribution is 2.26. The Bertz CT molecular complexity index is 950. The molecule has 2 aliphatic rings. The summed E-state index contributed by atoms with van der Waals surface area (Å²) in [6.07, 6.45) is 8.16. The van der Waals surface area contributed by atoms with Crippen LogP contribution in [0.1, 0.15) is 66.4 Å². The SMILES string of the molecule is Cc1ccc(C(=O)N2CCCC(C(=O)Nc3ccccc3CN(C)C3CCCCC3)C2)cc1. The fraction of sp³-hybridized carbons (Fsp3) is 0.500. The molecular formula is C28H37N3O2. The third-order valence-electron chi connectivity index (χ3n) is 7.27. The topological polar surface area (TPSA) is 52.7 Å². The third-order valence-corrected chi connectivity index (χ3v) is 7.27. The molecule has 0 bridgehead atoms. The number of nitrogens with one attached hydrogen (secondary N) is 1. The van der Waals surface area contributed by atoms with Crippen LogP contribution in [0.5, 0.6) is 0 Å². The van der Waals surface area contributed by atoms with Gasteiger partial charge in [-0.2, -0.15) is 0 Å². The molecule has 1 saturated carbocycles. The molecule has 4 rings (SSSR count). The molecule has 5 nitrogen and oxygen atoms in total. The second-order valence-electron chi connectivity index (χ2n) is 9.81. The van der Waals surface area contributed by atoms with E-state index in [1.807, 2.05) is 54.3 Å². The lowest BCUT2D eigenvalue weighted by Crippen LogP contribution is -2.43. The van der Waals surface area contributed by atoms with E-state index in [1.165, 1.54) is 32.1 Å². The second kappa shape index (κ2) is 11.0. The van der Waals surface area contributed by atoms with Gasteiger partial charge in [-0.25, -0.2) is 0 Å². The zero-order valence-electron chi connectivity index (χ0n) is 20.1. The van der Waals surface area contributed by atoms with Crippen LogP contribution in [0.4, 0.5) is 5.69 Å². The number of piperidine rings is 1. The number of hydrogen-bond donors (Lipinski definition) is 1. The molecule has 1 aliphatic heterocycles. The first-order valence-electron chi connectivity index (χ1n) is 12.5. The summed E-state index contributed by atoms with van der Waals surface area (Å²) < 4.78 is 0. The maximum Gasteiger partial charge on any atom is 0.253 e. The van der Waals surface area contributed by atoms with Crippen LogP contribution in [0.15, 0.2) is 48.5 Å². The molecule has 1 N–H and O–H groups in total. The monoisotopic (exact) mass is 447 g/mol. The highest BCUT2D eigenvalue weighted by atomic mass is 16.2. The number of nitrogens with zero attached hydrogens (tertiary/aromatic N) is 2. The number of rotatable bonds is 6. The molecular weight excluding hydrogens is 410 g/mol. The van der Waals surface area contributed by atoms with E-state index in [0.717, 1.165) is 36.2 Å². The summed E-state index contributed by atoms with van der Waals surface area (Å²) in [4.78, 5) is 30.4. The molecule has 2 amide bonds. The number of carbonyl (C=O) groups is 2. The summed E-state index contributed by atoms with van der Waals surface area (Å²) in [5.74, 6) is -0.150. The van der Waals surface area contributed by atoms with Crippen molar-refractivity contribution < 1.29 is 9.59 Å². The fourth-order valence-electron chi connectivity index (χ4n) is 5.19. The second-order valence-corrected chi connectivity index (χ2v) is 9.81. The number of benzene rings is 2. The highest BCUT2D eigenvalue weighted by molar-refractivity contribution is 5.96. The van der Waals surface area contributed by atoms with Gasteiger partial charge in [-0.15, -0.1) is 0 Å². The van der Waals surface area contributed by atoms with E-state index >= 15 is 0 Å². The minimum Gasteiger partial charge on any atom is -0.338 e. The van der Waals surface area contributed by atoms with Crippen molar-refractivity contribution in [1.29, 1.82) is 0 Å². The predicted octanol–water partition coefficient (Wildman–Crippen LogP) is 5.25. The molecule has 1 aliphatic carbocycles. The minimum absolute atomic E-state index is 0.0157. The molecule has 0 spiro atoms. The molecule has 176 valence electrons. The summed E-state index contributed by atoms with van der Waals surface area (Å²) in [5, 5.41) is 3.19. The highest BCUT2D eigenvalue weighted by Gasteiger charge is 2.29. The molecule has 1 saturated heterocycles. The summed E-state index contributed by atoms with van der Waals surface area (Å²) in [6.45, 7) is 4.03. The standard InChI is InChI=1S/C28H37N3O2/c1-21-14-16-22(17-15-21)28(33)31-18-8-10-24(20-31)27(32)29-26-13-7-6-9-23(26)19-30(2)25-11-4-3-5-12-25/h6-7,9,13-17,24-25H,3-5,8,10-12,18-20H2,1-2H3,(H,29,32). The zero-order valence-corrected chi connectivity index (χ0v) is 20.1. The Balaban J connectivity index is 1.38. The Morgan fingerprint density at radius 1 is 0.970 bits per heavy atom. The van der Waals surface area contributed by atoms with Crippen molar-refractivity contribution in [3.05, 3.63) is 65.2 Å². The molecule has 2 aromatic rings. The molecule has 33 heavy (non-hydrogen) atoms. The Labute approximate surface area is 198 Å². The molecule has 2 aromatic carbocycles. The van der Waals surface area contributed by atoms with Gasteiger partial charge in [0, 0.05) is 36.9 Å². The Morgan fingerprint density at radius 3 is 2.45 bits per heavy atom. The fourth-order valence-corrected chi connectivity index (χ4v) is 5.19. The van der Waals surface area contributed by atoms with Crippen molar-refractivity contribution in [1.82, 2.24) is 9.80 Å². The number of para-hydroxylation sites is 1. The van der Waals surface area contributed by atoms with E-state index in [0.29, 0.717) is 24.7 Å². The molecule has 1 unspecified atom stereocenters. The van der Waals surface area contributed by atoms with Gasteiger partial charge in [0.05, 0.1) is 5.92 Å². The summed E-state index contributed by atoms with van der Waals surface area (Å²) in [7, 11) is 2.20. The van der Waals surface area contributed by atoms with Gasteiger partial charge in [0.25, 0.3) is 5.91 Å². The van der Waals surface area contributed by atoms with Crippen LogP contribution in [0, 0.1) is 12.8 Å². The predicted molar refractivity (Wildman–Crippen MR) is 133 cm³/mol. The lowest BCUT2D eigenvalue weighted by molar-refractivity contribution is -0.121. The first kappa shape index (κ1) is 23.5. The van der Waals surface area contributed by atoms with E-state index in [2.05, 4.69) is 23.3 Å². The quantitative estimate of drug-likeness (QED) is 0.658. The number of hydrogen-bond acceptors (Lipinski definition) is 3. The summed E-state index contributed by atoms with van der Waals surface area (Å²) in [6, 6.07) is 16.4. The molecule has 0 aromatic heterocycles. The van der Waals surface area contributed by atoms with Crippen LogP contribution in [-0.2, 0) is 11.3 Å². The normalized spacial score (nSPS) is 19.5. The molecule has 5 heteroatoms. The Hall–Kier alpha value is -2.66. The van der Waals surface area contributed by atoms with E-state index in [4.69, 9.17) is 0 Å². The van der Waals surface area contributed by atoms with Crippen LogP contribution in [0.25, 0.3) is 0 Å². The average molecular weight is 448 g/mol. The largest absolute Gasteiger partial charge is 0.338 e. The van der Waals surface area contributed by atoms with Gasteiger partial charge in [0.15, 0.2) is 0 Å². The third kappa shape index (κ3) is 6.02. The van der Waals surface area contributed by atoms with E-state index in [-0.39, 0.29) is 17.7 Å². The minimum atomic E-state index is -0.183. The number of anilines is 1. The lowest BCUT2D eigenvalue weighted by atomic mass is 9.94. The van der Waals surface area contributed by atoms with Gasteiger partial charge in [-0.3, -0.25) is 14.5 Å².